The van der Waals surface area contributed by atoms with Gasteiger partial charge in [-0.15, -0.1) is 0 Å². The molecule has 126 valence electrons. The van der Waals surface area contributed by atoms with Crippen LogP contribution in [0.15, 0.2) is 72.9 Å². The van der Waals surface area contributed by atoms with Crippen molar-refractivity contribution in [3.8, 4) is 11.6 Å². The Morgan fingerprint density at radius 2 is 1.76 bits per heavy atom. The fraction of sp³-hybridized carbons (Fsp3) is 0.100. The molecule has 0 spiro atoms. The van der Waals surface area contributed by atoms with Gasteiger partial charge in [0.2, 0.25) is 5.88 Å². The average molecular weight is 334 g/mol. The van der Waals surface area contributed by atoms with Crippen LogP contribution in [0, 0.1) is 0 Å². The summed E-state index contributed by atoms with van der Waals surface area (Å²) in [7, 11) is 1.55. The van der Waals surface area contributed by atoms with Gasteiger partial charge in [-0.2, -0.15) is 0 Å². The van der Waals surface area contributed by atoms with E-state index in [4.69, 9.17) is 9.47 Å². The fourth-order valence-electron chi connectivity index (χ4n) is 2.32. The summed E-state index contributed by atoms with van der Waals surface area (Å²) in [5, 5.41) is 2.84. The van der Waals surface area contributed by atoms with Crippen molar-refractivity contribution < 1.29 is 14.3 Å². The number of anilines is 1. The smallest absolute Gasteiger partial charge is 0.256 e. The van der Waals surface area contributed by atoms with Gasteiger partial charge in [0.15, 0.2) is 0 Å². The molecular formula is C20H18N2O3. The summed E-state index contributed by atoms with van der Waals surface area (Å²) in [6.07, 6.45) is 1.56. The molecular weight excluding hydrogens is 316 g/mol. The molecule has 5 heteroatoms. The summed E-state index contributed by atoms with van der Waals surface area (Å²) in [6.45, 7) is 0.314. The highest BCUT2D eigenvalue weighted by molar-refractivity contribution is 6.05. The van der Waals surface area contributed by atoms with E-state index in [0.29, 0.717) is 23.7 Å². The van der Waals surface area contributed by atoms with Crippen molar-refractivity contribution in [3.05, 3.63) is 84.1 Å². The number of benzene rings is 2. The number of aromatic nitrogens is 1. The van der Waals surface area contributed by atoms with Gasteiger partial charge in [0.25, 0.3) is 5.91 Å². The lowest BCUT2D eigenvalue weighted by molar-refractivity contribution is 0.102. The quantitative estimate of drug-likeness (QED) is 0.742. The van der Waals surface area contributed by atoms with Crippen molar-refractivity contribution in [2.45, 2.75) is 6.61 Å². The molecule has 5 nitrogen and oxygen atoms in total. The van der Waals surface area contributed by atoms with Gasteiger partial charge >= 0.3 is 0 Å². The summed E-state index contributed by atoms with van der Waals surface area (Å²) in [5.41, 5.74) is 1.98. The summed E-state index contributed by atoms with van der Waals surface area (Å²) in [4.78, 5) is 16.7. The molecule has 0 saturated heterocycles. The van der Waals surface area contributed by atoms with Crippen LogP contribution in [0.5, 0.6) is 11.6 Å². The highest BCUT2D eigenvalue weighted by Gasteiger charge is 2.12. The Morgan fingerprint density at radius 1 is 1.00 bits per heavy atom. The summed E-state index contributed by atoms with van der Waals surface area (Å²) >= 11 is 0. The van der Waals surface area contributed by atoms with Crippen LogP contribution in [-0.4, -0.2) is 18.0 Å². The van der Waals surface area contributed by atoms with E-state index in [1.54, 1.807) is 31.5 Å². The van der Waals surface area contributed by atoms with Crippen LogP contribution in [0.1, 0.15) is 15.9 Å². The highest BCUT2D eigenvalue weighted by atomic mass is 16.5. The third kappa shape index (κ3) is 4.35. The Hall–Kier alpha value is -3.34. The maximum Gasteiger partial charge on any atom is 0.256 e. The highest BCUT2D eigenvalue weighted by Crippen LogP contribution is 2.17. The van der Waals surface area contributed by atoms with Gasteiger partial charge in [-0.25, -0.2) is 4.98 Å². The molecule has 3 aromatic rings. The number of carbonyl (C=O) groups excluding carboxylic acids is 1. The molecule has 1 heterocycles. The monoisotopic (exact) mass is 334 g/mol. The van der Waals surface area contributed by atoms with Gasteiger partial charge < -0.3 is 14.8 Å². The first-order valence-electron chi connectivity index (χ1n) is 7.83. The molecule has 0 atom stereocenters. The van der Waals surface area contributed by atoms with Gasteiger partial charge in [0.05, 0.1) is 19.0 Å². The second-order valence-corrected chi connectivity index (χ2v) is 5.30. The number of pyridine rings is 1. The molecule has 0 aliphatic carbocycles. The van der Waals surface area contributed by atoms with Crippen molar-refractivity contribution >= 4 is 11.6 Å². The molecule has 2 aromatic carbocycles. The van der Waals surface area contributed by atoms with E-state index in [-0.39, 0.29) is 5.91 Å². The van der Waals surface area contributed by atoms with Crippen molar-refractivity contribution in [3.63, 3.8) is 0 Å². The first-order valence-corrected chi connectivity index (χ1v) is 7.83. The van der Waals surface area contributed by atoms with Gasteiger partial charge in [-0.3, -0.25) is 4.79 Å². The first-order chi connectivity index (χ1) is 12.3. The van der Waals surface area contributed by atoms with E-state index in [9.17, 15) is 4.79 Å². The number of hydrogen-bond acceptors (Lipinski definition) is 4. The zero-order chi connectivity index (χ0) is 17.5. The lowest BCUT2D eigenvalue weighted by atomic mass is 10.1. The molecule has 0 saturated carbocycles. The molecule has 0 unspecified atom stereocenters. The van der Waals surface area contributed by atoms with Gasteiger partial charge in [0.1, 0.15) is 12.4 Å². The minimum atomic E-state index is -0.209. The fourth-order valence-corrected chi connectivity index (χ4v) is 2.32. The Balaban J connectivity index is 1.71. The predicted molar refractivity (Wildman–Crippen MR) is 96.0 cm³/mol. The number of nitrogens with zero attached hydrogens (tertiary/aromatic N) is 1. The van der Waals surface area contributed by atoms with E-state index >= 15 is 0 Å². The zero-order valence-electron chi connectivity index (χ0n) is 13.8. The summed E-state index contributed by atoms with van der Waals surface area (Å²) in [5.74, 6) is 1.05. The second kappa shape index (κ2) is 7.97. The molecule has 0 aliphatic rings. The van der Waals surface area contributed by atoms with E-state index in [2.05, 4.69) is 10.3 Å². The molecule has 0 radical (unpaired) electrons. The van der Waals surface area contributed by atoms with Crippen LogP contribution in [0.2, 0.25) is 0 Å². The zero-order valence-corrected chi connectivity index (χ0v) is 13.8. The third-order valence-corrected chi connectivity index (χ3v) is 3.60. The average Bonchev–Trinajstić information content (AvgIpc) is 2.68. The standard InChI is InChI=1S/C20H18N2O3/c1-24-19-12-11-16(13-21-19)22-20(23)18-10-6-5-7-15(18)14-25-17-8-3-2-4-9-17/h2-13H,14H2,1H3,(H,22,23). The predicted octanol–water partition coefficient (Wildman–Crippen LogP) is 3.92. The number of carbonyl (C=O) groups is 1. The van der Waals surface area contributed by atoms with Crippen LogP contribution in [0.3, 0.4) is 0 Å². The van der Waals surface area contributed by atoms with Crippen LogP contribution in [0.25, 0.3) is 0 Å². The largest absolute Gasteiger partial charge is 0.489 e. The number of ether oxygens (including phenoxy) is 2. The third-order valence-electron chi connectivity index (χ3n) is 3.60. The number of rotatable bonds is 6. The van der Waals surface area contributed by atoms with Crippen LogP contribution >= 0.6 is 0 Å². The number of hydrogen-bond donors (Lipinski definition) is 1. The summed E-state index contributed by atoms with van der Waals surface area (Å²) in [6, 6.07) is 20.3. The Bertz CT molecular complexity index is 833. The maximum absolute atomic E-state index is 12.6. The molecule has 1 amide bonds. The SMILES string of the molecule is COc1ccc(NC(=O)c2ccccc2COc2ccccc2)cn1. The second-order valence-electron chi connectivity index (χ2n) is 5.30. The molecule has 3 rings (SSSR count). The minimum absolute atomic E-state index is 0.209. The van der Waals surface area contributed by atoms with Crippen LogP contribution in [-0.2, 0) is 6.61 Å². The van der Waals surface area contributed by atoms with E-state index in [0.717, 1.165) is 11.3 Å². The molecule has 25 heavy (non-hydrogen) atoms. The molecule has 0 aliphatic heterocycles. The number of amides is 1. The summed E-state index contributed by atoms with van der Waals surface area (Å²) < 4.78 is 10.8. The van der Waals surface area contributed by atoms with E-state index < -0.39 is 0 Å². The molecule has 1 N–H and O–H groups in total. The van der Waals surface area contributed by atoms with Gasteiger partial charge in [0, 0.05) is 17.2 Å². The van der Waals surface area contributed by atoms with Gasteiger partial charge in [-0.1, -0.05) is 36.4 Å². The van der Waals surface area contributed by atoms with Crippen molar-refractivity contribution in [2.75, 3.05) is 12.4 Å². The van der Waals surface area contributed by atoms with Crippen molar-refractivity contribution in [2.24, 2.45) is 0 Å². The van der Waals surface area contributed by atoms with Crippen LogP contribution < -0.4 is 14.8 Å². The van der Waals surface area contributed by atoms with Crippen molar-refractivity contribution in [1.82, 2.24) is 4.98 Å². The Kier molecular flexibility index (Phi) is 5.26. The van der Waals surface area contributed by atoms with E-state index in [1.165, 1.54) is 0 Å². The normalized spacial score (nSPS) is 10.1. The van der Waals surface area contributed by atoms with Crippen molar-refractivity contribution in [1.29, 1.82) is 0 Å². The number of methoxy groups -OCH3 is 1. The van der Waals surface area contributed by atoms with E-state index in [1.807, 2.05) is 48.5 Å². The first kappa shape index (κ1) is 16.5. The molecule has 1 aromatic heterocycles. The lowest BCUT2D eigenvalue weighted by Gasteiger charge is -2.11. The molecule has 0 bridgehead atoms. The topological polar surface area (TPSA) is 60.5 Å². The Labute approximate surface area is 146 Å². The number of nitrogens with one attached hydrogen (secondary N) is 1. The maximum atomic E-state index is 12.6. The molecule has 0 fully saturated rings. The Morgan fingerprint density at radius 3 is 2.48 bits per heavy atom. The lowest BCUT2D eigenvalue weighted by Crippen LogP contribution is -2.15. The van der Waals surface area contributed by atoms with Crippen LogP contribution in [0.4, 0.5) is 5.69 Å². The minimum Gasteiger partial charge on any atom is -0.489 e. The number of para-hydroxylation sites is 1. The van der Waals surface area contributed by atoms with Gasteiger partial charge in [-0.05, 0) is 24.3 Å².